The molecule has 1 N–H and O–H groups in total. The van der Waals surface area contributed by atoms with Crippen LogP contribution in [0.4, 0.5) is 5.95 Å². The molecule has 1 unspecified atom stereocenters. The second kappa shape index (κ2) is 5.72. The van der Waals surface area contributed by atoms with Gasteiger partial charge in [0.05, 0.1) is 0 Å². The van der Waals surface area contributed by atoms with E-state index in [1.165, 1.54) is 19.3 Å². The third-order valence-corrected chi connectivity index (χ3v) is 4.16. The van der Waals surface area contributed by atoms with E-state index in [1.807, 2.05) is 30.3 Å². The van der Waals surface area contributed by atoms with E-state index in [-0.39, 0.29) is 0 Å². The van der Waals surface area contributed by atoms with Crippen molar-refractivity contribution in [2.75, 3.05) is 5.32 Å². The molecule has 1 aromatic carbocycles. The minimum Gasteiger partial charge on any atom is -0.439 e. The fourth-order valence-electron chi connectivity index (χ4n) is 2.83. The zero-order valence-corrected chi connectivity index (χ0v) is 12.5. The Morgan fingerprint density at radius 2 is 2.00 bits per heavy atom. The van der Waals surface area contributed by atoms with Crippen LogP contribution in [-0.2, 0) is 0 Å². The van der Waals surface area contributed by atoms with Gasteiger partial charge in [-0.1, -0.05) is 38.5 Å². The Hall–Kier alpha value is -2.10. The summed E-state index contributed by atoms with van der Waals surface area (Å²) in [6.45, 7) is 4.59. The van der Waals surface area contributed by atoms with Crippen LogP contribution >= 0.6 is 0 Å². The van der Waals surface area contributed by atoms with Crippen LogP contribution in [0, 0.1) is 5.41 Å². The summed E-state index contributed by atoms with van der Waals surface area (Å²) in [5.74, 6) is 1.99. The monoisotopic (exact) mass is 283 g/mol. The predicted molar refractivity (Wildman–Crippen MR) is 83.6 cm³/mol. The van der Waals surface area contributed by atoms with Gasteiger partial charge in [0.2, 0.25) is 11.8 Å². The number of hydrogen-bond acceptors (Lipinski definition) is 4. The summed E-state index contributed by atoms with van der Waals surface area (Å²) >= 11 is 0. The average Bonchev–Trinajstić information content (AvgIpc) is 2.79. The molecule has 1 fully saturated rings. The first-order chi connectivity index (χ1) is 10.1. The molecule has 0 spiro atoms. The number of para-hydroxylation sites is 1. The minimum atomic E-state index is 0.291. The van der Waals surface area contributed by atoms with Gasteiger partial charge in [-0.25, -0.2) is 4.98 Å². The minimum absolute atomic E-state index is 0.291. The molecule has 1 atom stereocenters. The van der Waals surface area contributed by atoms with Crippen molar-refractivity contribution in [3.63, 3.8) is 0 Å². The molecule has 1 aliphatic rings. The summed E-state index contributed by atoms with van der Waals surface area (Å²) in [5.41, 5.74) is 0.291. The van der Waals surface area contributed by atoms with Crippen LogP contribution in [0.3, 0.4) is 0 Å². The molecule has 2 aromatic rings. The van der Waals surface area contributed by atoms with Gasteiger partial charge < -0.3 is 10.1 Å². The van der Waals surface area contributed by atoms with Crippen LogP contribution in [0.1, 0.15) is 33.1 Å². The highest BCUT2D eigenvalue weighted by atomic mass is 16.5. The van der Waals surface area contributed by atoms with Gasteiger partial charge in [-0.2, -0.15) is 4.98 Å². The molecule has 1 saturated carbocycles. The highest BCUT2D eigenvalue weighted by molar-refractivity contribution is 5.33. The van der Waals surface area contributed by atoms with Crippen LogP contribution in [0.2, 0.25) is 0 Å². The molecular weight excluding hydrogens is 262 g/mol. The van der Waals surface area contributed by atoms with Crippen LogP contribution in [0.15, 0.2) is 42.6 Å². The molecule has 4 nitrogen and oxygen atoms in total. The lowest BCUT2D eigenvalue weighted by molar-refractivity contribution is 0.348. The summed E-state index contributed by atoms with van der Waals surface area (Å²) in [6, 6.07) is 11.9. The Morgan fingerprint density at radius 3 is 2.71 bits per heavy atom. The van der Waals surface area contributed by atoms with Gasteiger partial charge in [0, 0.05) is 18.3 Å². The van der Waals surface area contributed by atoms with Gasteiger partial charge >= 0.3 is 0 Å². The van der Waals surface area contributed by atoms with Gasteiger partial charge in [-0.05, 0) is 30.4 Å². The largest absolute Gasteiger partial charge is 0.439 e. The second-order valence-electron chi connectivity index (χ2n) is 6.21. The third-order valence-electron chi connectivity index (χ3n) is 4.16. The number of nitrogens with zero attached hydrogens (tertiary/aromatic N) is 2. The molecule has 1 aliphatic carbocycles. The lowest BCUT2D eigenvalue weighted by Gasteiger charge is -2.27. The highest BCUT2D eigenvalue weighted by Gasteiger charge is 2.34. The molecule has 110 valence electrons. The smallest absolute Gasteiger partial charge is 0.226 e. The maximum atomic E-state index is 5.74. The second-order valence-corrected chi connectivity index (χ2v) is 6.21. The molecule has 0 saturated heterocycles. The summed E-state index contributed by atoms with van der Waals surface area (Å²) in [7, 11) is 0. The van der Waals surface area contributed by atoms with Crippen molar-refractivity contribution >= 4 is 5.95 Å². The first kappa shape index (κ1) is 13.9. The van der Waals surface area contributed by atoms with Crippen molar-refractivity contribution < 1.29 is 4.74 Å². The van der Waals surface area contributed by atoms with Gasteiger partial charge in [0.15, 0.2) is 0 Å². The molecule has 3 rings (SSSR count). The van der Waals surface area contributed by atoms with Crippen molar-refractivity contribution in [3.05, 3.63) is 42.6 Å². The highest BCUT2D eigenvalue weighted by Crippen LogP contribution is 2.38. The van der Waals surface area contributed by atoms with Crippen LogP contribution in [-0.4, -0.2) is 16.0 Å². The maximum absolute atomic E-state index is 5.74. The number of hydrogen-bond donors (Lipinski definition) is 1. The van der Waals surface area contributed by atoms with E-state index < -0.39 is 0 Å². The van der Waals surface area contributed by atoms with Crippen molar-refractivity contribution in [3.8, 4) is 11.6 Å². The molecular formula is C17H21N3O. The lowest BCUT2D eigenvalue weighted by Crippen LogP contribution is -2.31. The standard InChI is InChI=1S/C17H21N3O/c1-17(2)11-6-9-14(17)19-16-18-12-10-15(20-16)21-13-7-4-3-5-8-13/h3-5,7-8,10,12,14H,6,9,11H2,1-2H3,(H,18,19,20). The Morgan fingerprint density at radius 1 is 1.19 bits per heavy atom. The van der Waals surface area contributed by atoms with Crippen molar-refractivity contribution in [2.24, 2.45) is 5.41 Å². The number of benzene rings is 1. The predicted octanol–water partition coefficient (Wildman–Crippen LogP) is 4.26. The number of anilines is 1. The Bertz CT molecular complexity index is 598. The Labute approximate surface area is 125 Å². The topological polar surface area (TPSA) is 47.0 Å². The number of rotatable bonds is 4. The van der Waals surface area contributed by atoms with Crippen molar-refractivity contribution in [1.82, 2.24) is 9.97 Å². The normalized spacial score (nSPS) is 20.2. The molecule has 21 heavy (non-hydrogen) atoms. The van der Waals surface area contributed by atoms with E-state index in [0.717, 1.165) is 5.75 Å². The van der Waals surface area contributed by atoms with E-state index >= 15 is 0 Å². The summed E-state index contributed by atoms with van der Waals surface area (Å²) < 4.78 is 5.74. The summed E-state index contributed by atoms with van der Waals surface area (Å²) in [5, 5.41) is 3.46. The molecule has 0 amide bonds. The Balaban J connectivity index is 1.71. The van der Waals surface area contributed by atoms with Crippen LogP contribution in [0.5, 0.6) is 11.6 Å². The van der Waals surface area contributed by atoms with E-state index in [2.05, 4.69) is 29.1 Å². The average molecular weight is 283 g/mol. The van der Waals surface area contributed by atoms with Crippen molar-refractivity contribution in [2.45, 2.75) is 39.2 Å². The van der Waals surface area contributed by atoms with Gasteiger partial charge in [-0.15, -0.1) is 0 Å². The number of aromatic nitrogens is 2. The van der Waals surface area contributed by atoms with Crippen LogP contribution < -0.4 is 10.1 Å². The molecule has 4 heteroatoms. The SMILES string of the molecule is CC1(C)CCCC1Nc1nccc(Oc2ccccc2)n1. The molecule has 0 aliphatic heterocycles. The quantitative estimate of drug-likeness (QED) is 0.910. The van der Waals surface area contributed by atoms with E-state index in [0.29, 0.717) is 23.3 Å². The van der Waals surface area contributed by atoms with E-state index in [9.17, 15) is 0 Å². The zero-order valence-electron chi connectivity index (χ0n) is 12.5. The van der Waals surface area contributed by atoms with Crippen molar-refractivity contribution in [1.29, 1.82) is 0 Å². The molecule has 1 aromatic heterocycles. The summed E-state index contributed by atoms with van der Waals surface area (Å²) in [6.07, 6.45) is 5.39. The van der Waals surface area contributed by atoms with Gasteiger partial charge in [-0.3, -0.25) is 0 Å². The molecule has 0 radical (unpaired) electrons. The third kappa shape index (κ3) is 3.32. The Kier molecular flexibility index (Phi) is 3.78. The molecule has 0 bridgehead atoms. The summed E-state index contributed by atoms with van der Waals surface area (Å²) in [4.78, 5) is 8.76. The fraction of sp³-hybridized carbons (Fsp3) is 0.412. The number of nitrogens with one attached hydrogen (secondary N) is 1. The van der Waals surface area contributed by atoms with Gasteiger partial charge in [0.1, 0.15) is 5.75 Å². The van der Waals surface area contributed by atoms with Crippen LogP contribution in [0.25, 0.3) is 0 Å². The molecule has 1 heterocycles. The maximum Gasteiger partial charge on any atom is 0.226 e. The van der Waals surface area contributed by atoms with E-state index in [4.69, 9.17) is 4.74 Å². The first-order valence-corrected chi connectivity index (χ1v) is 7.46. The zero-order chi connectivity index (χ0) is 14.7. The lowest BCUT2D eigenvalue weighted by atomic mass is 9.87. The fourth-order valence-corrected chi connectivity index (χ4v) is 2.83. The van der Waals surface area contributed by atoms with Gasteiger partial charge in [0.25, 0.3) is 0 Å². The first-order valence-electron chi connectivity index (χ1n) is 7.46. The number of ether oxygens (including phenoxy) is 1. The van der Waals surface area contributed by atoms with E-state index in [1.54, 1.807) is 12.3 Å².